The van der Waals surface area contributed by atoms with Crippen molar-refractivity contribution in [2.45, 2.75) is 13.8 Å². The number of rotatable bonds is 5. The summed E-state index contributed by atoms with van der Waals surface area (Å²) in [7, 11) is 0. The average molecular weight is 414 g/mol. The Kier molecular flexibility index (Phi) is 5.63. The fourth-order valence-electron chi connectivity index (χ4n) is 2.74. The maximum atomic E-state index is 12.6. The third-order valence-electron chi connectivity index (χ3n) is 4.17. The molecule has 0 fully saturated rings. The van der Waals surface area contributed by atoms with Gasteiger partial charge in [0.15, 0.2) is 5.78 Å². The Morgan fingerprint density at radius 1 is 1.00 bits per heavy atom. The Balaban J connectivity index is 1.94. The molecule has 0 radical (unpaired) electrons. The lowest BCUT2D eigenvalue weighted by Crippen LogP contribution is -2.16. The van der Waals surface area contributed by atoms with Gasteiger partial charge in [0.25, 0.3) is 5.91 Å². The second-order valence-electron chi connectivity index (χ2n) is 6.20. The molecule has 28 heavy (non-hydrogen) atoms. The van der Waals surface area contributed by atoms with E-state index < -0.39 is 11.9 Å². The summed E-state index contributed by atoms with van der Waals surface area (Å²) in [6.07, 6.45) is 0. The van der Waals surface area contributed by atoms with Crippen LogP contribution >= 0.6 is 22.9 Å². The molecule has 2 N–H and O–H groups in total. The number of nitrogens with one attached hydrogen (secondary N) is 1. The number of thiophene rings is 1. The SMILES string of the molecule is CC(=O)c1ccc(-c2ccc(NC(=O)c3ccc(Cl)cc3C)c(C(=O)O)c2)s1. The molecule has 0 saturated carbocycles. The van der Waals surface area contributed by atoms with Crippen molar-refractivity contribution in [1.29, 1.82) is 0 Å². The highest BCUT2D eigenvalue weighted by Gasteiger charge is 2.17. The number of Topliss-reactive ketones (excluding diaryl/α,β-unsaturated/α-hetero) is 1. The summed E-state index contributed by atoms with van der Waals surface area (Å²) in [5.41, 5.74) is 1.92. The van der Waals surface area contributed by atoms with Crippen molar-refractivity contribution in [3.05, 3.63) is 75.1 Å². The Bertz CT molecular complexity index is 1100. The van der Waals surface area contributed by atoms with Gasteiger partial charge in [-0.2, -0.15) is 0 Å². The average Bonchev–Trinajstić information content (AvgIpc) is 3.12. The molecular weight excluding hydrogens is 398 g/mol. The van der Waals surface area contributed by atoms with Gasteiger partial charge in [0.2, 0.25) is 0 Å². The zero-order valence-corrected chi connectivity index (χ0v) is 16.6. The smallest absolute Gasteiger partial charge is 0.337 e. The molecule has 7 heteroatoms. The number of hydrogen-bond acceptors (Lipinski definition) is 4. The maximum absolute atomic E-state index is 12.6. The summed E-state index contributed by atoms with van der Waals surface area (Å²) < 4.78 is 0. The molecule has 5 nitrogen and oxygen atoms in total. The first-order valence-electron chi connectivity index (χ1n) is 8.32. The number of hydrogen-bond donors (Lipinski definition) is 2. The van der Waals surface area contributed by atoms with E-state index in [9.17, 15) is 19.5 Å². The molecule has 0 saturated heterocycles. The minimum absolute atomic E-state index is 0.0322. The molecule has 0 aliphatic carbocycles. The number of carbonyl (C=O) groups is 3. The number of amides is 1. The number of aromatic carboxylic acids is 1. The van der Waals surface area contributed by atoms with Gasteiger partial charge in [0, 0.05) is 15.5 Å². The van der Waals surface area contributed by atoms with Gasteiger partial charge in [-0.05, 0) is 67.4 Å². The second kappa shape index (κ2) is 7.96. The number of carboxylic acids is 1. The summed E-state index contributed by atoms with van der Waals surface area (Å²) >= 11 is 7.21. The number of halogens is 1. The van der Waals surface area contributed by atoms with E-state index in [0.29, 0.717) is 26.6 Å². The maximum Gasteiger partial charge on any atom is 0.337 e. The largest absolute Gasteiger partial charge is 0.478 e. The predicted molar refractivity (Wildman–Crippen MR) is 111 cm³/mol. The molecule has 3 rings (SSSR count). The Hall–Kier alpha value is -2.96. The lowest BCUT2D eigenvalue weighted by Gasteiger charge is -2.11. The quantitative estimate of drug-likeness (QED) is 0.538. The van der Waals surface area contributed by atoms with Crippen LogP contribution in [0.1, 0.15) is 42.9 Å². The third kappa shape index (κ3) is 4.13. The van der Waals surface area contributed by atoms with Crippen molar-refractivity contribution in [1.82, 2.24) is 0 Å². The normalized spacial score (nSPS) is 10.5. The zero-order valence-electron chi connectivity index (χ0n) is 15.1. The topological polar surface area (TPSA) is 83.5 Å². The van der Waals surface area contributed by atoms with Crippen LogP contribution in [0.15, 0.2) is 48.5 Å². The van der Waals surface area contributed by atoms with E-state index in [1.165, 1.54) is 24.3 Å². The molecule has 0 unspecified atom stereocenters. The van der Waals surface area contributed by atoms with Crippen LogP contribution < -0.4 is 5.32 Å². The molecule has 0 aliphatic rings. The van der Waals surface area contributed by atoms with Crippen LogP contribution in [0, 0.1) is 6.92 Å². The number of anilines is 1. The van der Waals surface area contributed by atoms with Crippen LogP contribution in [-0.2, 0) is 0 Å². The monoisotopic (exact) mass is 413 g/mol. The van der Waals surface area contributed by atoms with Gasteiger partial charge in [0.05, 0.1) is 16.1 Å². The summed E-state index contributed by atoms with van der Waals surface area (Å²) in [6.45, 7) is 3.24. The van der Waals surface area contributed by atoms with Crippen LogP contribution in [0.3, 0.4) is 0 Å². The highest BCUT2D eigenvalue weighted by Crippen LogP contribution is 2.31. The predicted octanol–water partition coefficient (Wildman–Crippen LogP) is 5.53. The van der Waals surface area contributed by atoms with Crippen LogP contribution in [-0.4, -0.2) is 22.8 Å². The fourth-order valence-corrected chi connectivity index (χ4v) is 3.86. The lowest BCUT2D eigenvalue weighted by molar-refractivity contribution is 0.0698. The molecule has 0 bridgehead atoms. The first-order chi connectivity index (χ1) is 13.3. The summed E-state index contributed by atoms with van der Waals surface area (Å²) in [5.74, 6) is -1.62. The Morgan fingerprint density at radius 2 is 1.75 bits per heavy atom. The van der Waals surface area contributed by atoms with E-state index in [4.69, 9.17) is 11.6 Å². The molecule has 1 heterocycles. The Morgan fingerprint density at radius 3 is 2.36 bits per heavy atom. The van der Waals surface area contributed by atoms with Gasteiger partial charge < -0.3 is 10.4 Å². The van der Waals surface area contributed by atoms with Crippen molar-refractivity contribution in [2.75, 3.05) is 5.32 Å². The van der Waals surface area contributed by atoms with Gasteiger partial charge in [-0.1, -0.05) is 17.7 Å². The molecule has 0 atom stereocenters. The molecule has 1 aromatic heterocycles. The van der Waals surface area contributed by atoms with E-state index in [-0.39, 0.29) is 17.0 Å². The van der Waals surface area contributed by atoms with Crippen LogP contribution in [0.25, 0.3) is 10.4 Å². The third-order valence-corrected chi connectivity index (χ3v) is 5.64. The van der Waals surface area contributed by atoms with E-state index in [0.717, 1.165) is 4.88 Å². The number of aryl methyl sites for hydroxylation is 1. The molecule has 0 aliphatic heterocycles. The van der Waals surface area contributed by atoms with Crippen molar-refractivity contribution >= 4 is 46.3 Å². The van der Waals surface area contributed by atoms with Crippen LogP contribution in [0.2, 0.25) is 5.02 Å². The number of carbonyl (C=O) groups excluding carboxylic acids is 2. The fraction of sp³-hybridized carbons (Fsp3) is 0.0952. The van der Waals surface area contributed by atoms with Crippen molar-refractivity contribution in [2.24, 2.45) is 0 Å². The molecule has 1 amide bonds. The first-order valence-corrected chi connectivity index (χ1v) is 9.51. The molecule has 2 aromatic carbocycles. The van der Waals surface area contributed by atoms with Gasteiger partial charge in [0.1, 0.15) is 0 Å². The zero-order chi connectivity index (χ0) is 20.4. The van der Waals surface area contributed by atoms with Gasteiger partial charge in [-0.3, -0.25) is 9.59 Å². The van der Waals surface area contributed by atoms with Crippen molar-refractivity contribution < 1.29 is 19.5 Å². The number of benzene rings is 2. The Labute approximate surface area is 170 Å². The minimum atomic E-state index is -1.16. The summed E-state index contributed by atoms with van der Waals surface area (Å²) in [5, 5.41) is 12.8. The van der Waals surface area contributed by atoms with Gasteiger partial charge >= 0.3 is 5.97 Å². The van der Waals surface area contributed by atoms with E-state index in [1.54, 1.807) is 49.4 Å². The van der Waals surface area contributed by atoms with Crippen molar-refractivity contribution in [3.8, 4) is 10.4 Å². The molecular formula is C21H16ClNO4S. The number of ketones is 1. The number of carboxylic acid groups (broad SMARTS) is 1. The van der Waals surface area contributed by atoms with Crippen LogP contribution in [0.4, 0.5) is 5.69 Å². The second-order valence-corrected chi connectivity index (χ2v) is 7.72. The first kappa shape index (κ1) is 19.8. The molecule has 142 valence electrons. The van der Waals surface area contributed by atoms with E-state index >= 15 is 0 Å². The minimum Gasteiger partial charge on any atom is -0.478 e. The highest BCUT2D eigenvalue weighted by atomic mass is 35.5. The summed E-state index contributed by atoms with van der Waals surface area (Å²) in [6, 6.07) is 13.1. The summed E-state index contributed by atoms with van der Waals surface area (Å²) in [4.78, 5) is 37.2. The van der Waals surface area contributed by atoms with E-state index in [1.807, 2.05) is 0 Å². The van der Waals surface area contributed by atoms with Crippen LogP contribution in [0.5, 0.6) is 0 Å². The molecule has 0 spiro atoms. The van der Waals surface area contributed by atoms with Gasteiger partial charge in [-0.25, -0.2) is 4.79 Å². The molecule has 3 aromatic rings. The van der Waals surface area contributed by atoms with Gasteiger partial charge in [-0.15, -0.1) is 11.3 Å². The van der Waals surface area contributed by atoms with E-state index in [2.05, 4.69) is 5.32 Å². The lowest BCUT2D eigenvalue weighted by atomic mass is 10.1. The standard InChI is InChI=1S/C21H16ClNO4S/c1-11-9-14(22)4-5-15(11)20(25)23-17-6-3-13(10-16(17)21(26)27)19-8-7-18(28-19)12(2)24/h3-10H,1-2H3,(H,23,25)(H,26,27). The highest BCUT2D eigenvalue weighted by molar-refractivity contribution is 7.17. The van der Waals surface area contributed by atoms with Crippen molar-refractivity contribution in [3.63, 3.8) is 0 Å².